The van der Waals surface area contributed by atoms with Crippen LogP contribution in [0, 0.1) is 0 Å². The van der Waals surface area contributed by atoms with Crippen LogP contribution < -0.4 is 19.6 Å². The second kappa shape index (κ2) is 8.57. The van der Waals surface area contributed by atoms with Crippen LogP contribution in [-0.4, -0.2) is 82.2 Å². The molecule has 0 bridgehead atoms. The number of hydrogen-bond donors (Lipinski definition) is 6. The van der Waals surface area contributed by atoms with Crippen molar-refractivity contribution in [1.29, 1.82) is 0 Å². The zero-order valence-corrected chi connectivity index (χ0v) is 17.5. The fourth-order valence-corrected chi connectivity index (χ4v) is 3.75. The standard InChI is InChI=1S/C21H22O12/c1-29-9-4-3-7(23)12-15(26)13-8(24)5-10(19(30-2)20(13)33-18(9)12)31-21-17(28)16(27)14(25)11(6-22)32-21/h3-5,11,14,16-17,21-25,27-28H,6H2,1-2H3/t11-,14-,16+,17-,21-/m1/s1. The van der Waals surface area contributed by atoms with Crippen LogP contribution in [0.4, 0.5) is 0 Å². The quantitative estimate of drug-likeness (QED) is 0.266. The Morgan fingerprint density at radius 3 is 2.24 bits per heavy atom. The van der Waals surface area contributed by atoms with Gasteiger partial charge in [0, 0.05) is 6.07 Å². The predicted octanol–water partition coefficient (Wildman–Crippen LogP) is -0.447. The van der Waals surface area contributed by atoms with Crippen molar-refractivity contribution in [3.05, 3.63) is 28.4 Å². The molecule has 0 aliphatic carbocycles. The van der Waals surface area contributed by atoms with Gasteiger partial charge in [-0.05, 0) is 12.1 Å². The van der Waals surface area contributed by atoms with Crippen molar-refractivity contribution in [2.24, 2.45) is 0 Å². The van der Waals surface area contributed by atoms with Crippen molar-refractivity contribution >= 4 is 21.9 Å². The third-order valence-electron chi connectivity index (χ3n) is 5.45. The highest BCUT2D eigenvalue weighted by molar-refractivity contribution is 6.00. The molecule has 0 saturated carbocycles. The summed E-state index contributed by atoms with van der Waals surface area (Å²) in [5.74, 6) is -1.27. The highest BCUT2D eigenvalue weighted by atomic mass is 16.7. The molecule has 1 saturated heterocycles. The van der Waals surface area contributed by atoms with Gasteiger partial charge in [0.25, 0.3) is 0 Å². The van der Waals surface area contributed by atoms with E-state index in [9.17, 15) is 35.4 Å². The van der Waals surface area contributed by atoms with Crippen LogP contribution in [0.25, 0.3) is 21.9 Å². The Kier molecular flexibility index (Phi) is 5.95. The average Bonchev–Trinajstić information content (AvgIpc) is 2.79. The van der Waals surface area contributed by atoms with Crippen molar-refractivity contribution in [2.45, 2.75) is 30.7 Å². The Balaban J connectivity index is 1.90. The van der Waals surface area contributed by atoms with E-state index in [1.54, 1.807) is 0 Å². The maximum absolute atomic E-state index is 13.1. The van der Waals surface area contributed by atoms with Crippen molar-refractivity contribution in [3.63, 3.8) is 0 Å². The second-order valence-corrected chi connectivity index (χ2v) is 7.37. The van der Waals surface area contributed by atoms with Gasteiger partial charge in [-0.3, -0.25) is 4.79 Å². The largest absolute Gasteiger partial charge is 0.507 e. The lowest BCUT2D eigenvalue weighted by molar-refractivity contribution is -0.277. The van der Waals surface area contributed by atoms with Gasteiger partial charge >= 0.3 is 0 Å². The van der Waals surface area contributed by atoms with Crippen molar-refractivity contribution in [2.75, 3.05) is 20.8 Å². The normalized spacial score (nSPS) is 25.3. The van der Waals surface area contributed by atoms with Crippen LogP contribution in [0.3, 0.4) is 0 Å². The molecular formula is C21H22O12. The predicted molar refractivity (Wildman–Crippen MR) is 111 cm³/mol. The Morgan fingerprint density at radius 1 is 0.909 bits per heavy atom. The van der Waals surface area contributed by atoms with E-state index in [2.05, 4.69) is 0 Å². The molecule has 2 heterocycles. The van der Waals surface area contributed by atoms with Crippen molar-refractivity contribution in [1.82, 2.24) is 0 Å². The molecule has 1 aromatic heterocycles. The Labute approximate surface area is 185 Å². The number of hydrogen-bond acceptors (Lipinski definition) is 12. The van der Waals surface area contributed by atoms with Gasteiger partial charge in [-0.1, -0.05) is 0 Å². The lowest BCUT2D eigenvalue weighted by Crippen LogP contribution is -2.60. The molecule has 5 atom stereocenters. The van der Waals surface area contributed by atoms with Gasteiger partial charge in [0.15, 0.2) is 22.7 Å². The van der Waals surface area contributed by atoms with Gasteiger partial charge < -0.3 is 54.0 Å². The number of methoxy groups -OCH3 is 2. The minimum Gasteiger partial charge on any atom is -0.507 e. The summed E-state index contributed by atoms with van der Waals surface area (Å²) in [6, 6.07) is 3.63. The molecule has 0 unspecified atom stereocenters. The summed E-state index contributed by atoms with van der Waals surface area (Å²) in [5, 5.41) is 59.8. The zero-order chi connectivity index (χ0) is 24.0. The van der Waals surface area contributed by atoms with Crippen LogP contribution in [0.1, 0.15) is 0 Å². The number of phenolic OH excluding ortho intramolecular Hbond substituents is 2. The third kappa shape index (κ3) is 3.57. The van der Waals surface area contributed by atoms with E-state index >= 15 is 0 Å². The minimum atomic E-state index is -1.73. The van der Waals surface area contributed by atoms with E-state index in [0.29, 0.717) is 0 Å². The summed E-state index contributed by atoms with van der Waals surface area (Å²) in [6.45, 7) is -0.672. The number of fused-ring (bicyclic) bond motifs is 2. The van der Waals surface area contributed by atoms with Crippen LogP contribution in [0.15, 0.2) is 27.4 Å². The summed E-state index contributed by atoms with van der Waals surface area (Å²) < 4.78 is 27.2. The third-order valence-corrected chi connectivity index (χ3v) is 5.45. The SMILES string of the molecule is COc1ccc(O)c2c(=O)c3c(O)cc(O[C@@H]4O[C@H](CO)[C@@H](O)[C@H](O)[C@H]4O)c(OC)c3oc12. The fraction of sp³-hybridized carbons (Fsp3) is 0.381. The molecule has 2 aromatic carbocycles. The highest BCUT2D eigenvalue weighted by Crippen LogP contribution is 2.44. The van der Waals surface area contributed by atoms with Gasteiger partial charge in [-0.15, -0.1) is 0 Å². The molecule has 4 rings (SSSR count). The molecule has 6 N–H and O–H groups in total. The number of rotatable bonds is 5. The fourth-order valence-electron chi connectivity index (χ4n) is 3.75. The second-order valence-electron chi connectivity index (χ2n) is 7.37. The van der Waals surface area contributed by atoms with Crippen molar-refractivity contribution in [3.8, 4) is 28.7 Å². The van der Waals surface area contributed by atoms with Crippen LogP contribution in [0.5, 0.6) is 28.7 Å². The number of aliphatic hydroxyl groups excluding tert-OH is 4. The number of aromatic hydroxyl groups is 2. The summed E-state index contributed by atoms with van der Waals surface area (Å²) in [5.41, 5.74) is -1.13. The first-order valence-electron chi connectivity index (χ1n) is 9.77. The molecule has 178 valence electrons. The topological polar surface area (TPSA) is 189 Å². The first-order chi connectivity index (χ1) is 15.7. The molecule has 33 heavy (non-hydrogen) atoms. The first kappa shape index (κ1) is 22.9. The first-order valence-corrected chi connectivity index (χ1v) is 9.77. The Morgan fingerprint density at radius 2 is 1.61 bits per heavy atom. The molecule has 0 spiro atoms. The summed E-state index contributed by atoms with van der Waals surface area (Å²) in [6.07, 6.45) is -7.85. The number of ether oxygens (including phenoxy) is 4. The summed E-state index contributed by atoms with van der Waals surface area (Å²) >= 11 is 0. The molecule has 12 heteroatoms. The van der Waals surface area contributed by atoms with Crippen LogP contribution in [0.2, 0.25) is 0 Å². The summed E-state index contributed by atoms with van der Waals surface area (Å²) in [4.78, 5) is 13.1. The van der Waals surface area contributed by atoms with E-state index in [1.807, 2.05) is 0 Å². The highest BCUT2D eigenvalue weighted by Gasteiger charge is 2.45. The molecular weight excluding hydrogens is 444 g/mol. The maximum atomic E-state index is 13.1. The minimum absolute atomic E-state index is 0.113. The van der Waals surface area contributed by atoms with Crippen molar-refractivity contribution < 1.29 is 54.0 Å². The lowest BCUT2D eigenvalue weighted by Gasteiger charge is -2.39. The molecule has 1 fully saturated rings. The zero-order valence-electron chi connectivity index (χ0n) is 17.5. The van der Waals surface area contributed by atoms with Crippen LogP contribution >= 0.6 is 0 Å². The maximum Gasteiger partial charge on any atom is 0.229 e. The molecule has 1 aliphatic rings. The number of aliphatic hydroxyl groups is 4. The molecule has 3 aromatic rings. The Hall–Kier alpha value is -3.29. The average molecular weight is 466 g/mol. The van der Waals surface area contributed by atoms with Gasteiger partial charge in [0.2, 0.25) is 17.5 Å². The molecule has 0 amide bonds. The van der Waals surface area contributed by atoms with Gasteiger partial charge in [0.05, 0.1) is 20.8 Å². The monoisotopic (exact) mass is 466 g/mol. The van der Waals surface area contributed by atoms with E-state index in [1.165, 1.54) is 26.4 Å². The van der Waals surface area contributed by atoms with E-state index in [-0.39, 0.29) is 44.9 Å². The van der Waals surface area contributed by atoms with Crippen LogP contribution in [-0.2, 0) is 4.74 Å². The van der Waals surface area contributed by atoms with E-state index < -0.39 is 48.5 Å². The number of benzene rings is 2. The Bertz CT molecular complexity index is 1250. The van der Waals surface area contributed by atoms with E-state index in [4.69, 9.17) is 23.4 Å². The smallest absolute Gasteiger partial charge is 0.229 e. The molecule has 0 radical (unpaired) electrons. The van der Waals surface area contributed by atoms with Gasteiger partial charge in [0.1, 0.15) is 46.7 Å². The van der Waals surface area contributed by atoms with Gasteiger partial charge in [-0.25, -0.2) is 0 Å². The summed E-state index contributed by atoms with van der Waals surface area (Å²) in [7, 11) is 2.57. The molecule has 1 aliphatic heterocycles. The van der Waals surface area contributed by atoms with E-state index in [0.717, 1.165) is 6.07 Å². The van der Waals surface area contributed by atoms with Gasteiger partial charge in [-0.2, -0.15) is 0 Å². The lowest BCUT2D eigenvalue weighted by atomic mass is 9.99. The number of phenols is 2. The molecule has 12 nitrogen and oxygen atoms in total.